The Balaban J connectivity index is 0.00000196. The highest BCUT2D eigenvalue weighted by molar-refractivity contribution is 5.87. The van der Waals surface area contributed by atoms with Crippen LogP contribution in [0, 0.1) is 18.7 Å². The van der Waals surface area contributed by atoms with E-state index in [-0.39, 0.29) is 29.9 Å². The van der Waals surface area contributed by atoms with Crippen LogP contribution >= 0.6 is 12.4 Å². The molecule has 142 valence electrons. The number of hydrogen-bond acceptors (Lipinski definition) is 4. The summed E-state index contributed by atoms with van der Waals surface area (Å²) in [5, 5.41) is 0.244. The van der Waals surface area contributed by atoms with Crippen molar-refractivity contribution in [2.45, 2.75) is 45.2 Å². The van der Waals surface area contributed by atoms with E-state index in [1.54, 1.807) is 11.5 Å². The van der Waals surface area contributed by atoms with Crippen molar-refractivity contribution < 1.29 is 4.39 Å². The van der Waals surface area contributed by atoms with Gasteiger partial charge in [-0.2, -0.15) is 0 Å². The molecule has 2 aliphatic rings. The predicted octanol–water partition coefficient (Wildman–Crippen LogP) is 2.07. The Morgan fingerprint density at radius 3 is 2.58 bits per heavy atom. The van der Waals surface area contributed by atoms with E-state index in [0.29, 0.717) is 29.2 Å². The molecule has 1 saturated carbocycles. The summed E-state index contributed by atoms with van der Waals surface area (Å²) < 4.78 is 16.5. The monoisotopic (exact) mass is 382 g/mol. The number of fused-ring (bicyclic) bond motifs is 1. The zero-order valence-electron chi connectivity index (χ0n) is 14.9. The van der Waals surface area contributed by atoms with Crippen LogP contribution in [0.2, 0.25) is 0 Å². The highest BCUT2D eigenvalue weighted by Gasteiger charge is 2.32. The van der Waals surface area contributed by atoms with Crippen LogP contribution < -0.4 is 21.9 Å². The summed E-state index contributed by atoms with van der Waals surface area (Å²) >= 11 is 0. The lowest BCUT2D eigenvalue weighted by Crippen LogP contribution is -2.32. The molecule has 26 heavy (non-hydrogen) atoms. The fourth-order valence-electron chi connectivity index (χ4n) is 4.06. The second-order valence-corrected chi connectivity index (χ2v) is 7.44. The van der Waals surface area contributed by atoms with Crippen LogP contribution in [-0.4, -0.2) is 28.7 Å². The quantitative estimate of drug-likeness (QED) is 0.851. The largest absolute Gasteiger partial charge is 0.369 e. The van der Waals surface area contributed by atoms with Gasteiger partial charge in [-0.15, -0.1) is 12.4 Å². The molecule has 2 aromatic rings. The van der Waals surface area contributed by atoms with Gasteiger partial charge in [-0.05, 0) is 45.1 Å². The second kappa shape index (κ2) is 6.70. The minimum atomic E-state index is -0.527. The number of rotatable bonds is 3. The van der Waals surface area contributed by atoms with Crippen LogP contribution in [0.25, 0.3) is 10.9 Å². The molecule has 2 fully saturated rings. The van der Waals surface area contributed by atoms with E-state index in [9.17, 15) is 14.0 Å². The maximum atomic E-state index is 14.9. The van der Waals surface area contributed by atoms with Gasteiger partial charge in [0.15, 0.2) is 0 Å². The minimum Gasteiger partial charge on any atom is -0.369 e. The van der Waals surface area contributed by atoms with E-state index in [0.717, 1.165) is 25.8 Å². The number of benzene rings is 1. The molecule has 3 N–H and O–H groups in total. The van der Waals surface area contributed by atoms with Gasteiger partial charge in [-0.3, -0.25) is 14.3 Å². The Kier molecular flexibility index (Phi) is 4.88. The normalized spacial score (nSPS) is 21.1. The molecule has 1 saturated heterocycles. The van der Waals surface area contributed by atoms with Gasteiger partial charge >= 0.3 is 5.69 Å². The number of aryl methyl sites for hydroxylation is 1. The van der Waals surface area contributed by atoms with E-state index in [1.807, 2.05) is 11.8 Å². The molecular weight excluding hydrogens is 359 g/mol. The Morgan fingerprint density at radius 1 is 1.31 bits per heavy atom. The number of aromatic amines is 1. The third-order valence-corrected chi connectivity index (χ3v) is 5.58. The van der Waals surface area contributed by atoms with Crippen molar-refractivity contribution >= 4 is 29.0 Å². The number of nitrogens with zero attached hydrogens (tertiary/aromatic N) is 2. The van der Waals surface area contributed by atoms with Crippen molar-refractivity contribution in [3.8, 4) is 0 Å². The maximum absolute atomic E-state index is 14.9. The van der Waals surface area contributed by atoms with Crippen LogP contribution in [0.3, 0.4) is 0 Å². The molecule has 0 spiro atoms. The van der Waals surface area contributed by atoms with E-state index in [1.165, 1.54) is 6.07 Å². The molecule has 0 radical (unpaired) electrons. The second-order valence-electron chi connectivity index (χ2n) is 7.44. The van der Waals surface area contributed by atoms with E-state index in [4.69, 9.17) is 5.73 Å². The molecule has 1 aromatic carbocycles. The fourth-order valence-corrected chi connectivity index (χ4v) is 4.06. The van der Waals surface area contributed by atoms with Crippen molar-refractivity contribution in [2.24, 2.45) is 11.7 Å². The average Bonchev–Trinajstić information content (AvgIpc) is 3.25. The number of aromatic nitrogens is 2. The summed E-state index contributed by atoms with van der Waals surface area (Å²) in [7, 11) is 0. The third kappa shape index (κ3) is 2.93. The van der Waals surface area contributed by atoms with Crippen molar-refractivity contribution in [2.75, 3.05) is 18.0 Å². The summed E-state index contributed by atoms with van der Waals surface area (Å²) in [6.45, 7) is 5.20. The summed E-state index contributed by atoms with van der Waals surface area (Å²) in [5.41, 5.74) is 6.80. The number of nitrogens with two attached hydrogens (primary N) is 1. The predicted molar refractivity (Wildman–Crippen MR) is 103 cm³/mol. The van der Waals surface area contributed by atoms with Crippen molar-refractivity contribution in [3.63, 3.8) is 0 Å². The number of anilines is 1. The number of halogens is 2. The van der Waals surface area contributed by atoms with Crippen molar-refractivity contribution in [3.05, 3.63) is 38.3 Å². The van der Waals surface area contributed by atoms with Crippen LogP contribution in [0.5, 0.6) is 0 Å². The molecule has 1 aliphatic heterocycles. The molecule has 4 rings (SSSR count). The molecule has 0 bridgehead atoms. The highest BCUT2D eigenvalue weighted by Crippen LogP contribution is 2.39. The van der Waals surface area contributed by atoms with Gasteiger partial charge in [0.2, 0.25) is 0 Å². The molecular formula is C18H24ClFN4O2. The van der Waals surface area contributed by atoms with Crippen molar-refractivity contribution in [1.82, 2.24) is 9.55 Å². The Morgan fingerprint density at radius 2 is 2.00 bits per heavy atom. The molecule has 0 amide bonds. The van der Waals surface area contributed by atoms with Crippen LogP contribution in [0.4, 0.5) is 10.1 Å². The van der Waals surface area contributed by atoms with E-state index in [2.05, 4.69) is 4.98 Å². The third-order valence-electron chi connectivity index (χ3n) is 5.58. The van der Waals surface area contributed by atoms with Gasteiger partial charge in [0.25, 0.3) is 5.56 Å². The smallest absolute Gasteiger partial charge is 0.329 e. The summed E-state index contributed by atoms with van der Waals surface area (Å²) in [5.74, 6) is -0.0962. The van der Waals surface area contributed by atoms with Gasteiger partial charge in [-0.25, -0.2) is 9.18 Å². The molecule has 6 nitrogen and oxygen atoms in total. The maximum Gasteiger partial charge on any atom is 0.329 e. The van der Waals surface area contributed by atoms with Gasteiger partial charge in [-0.1, -0.05) is 0 Å². The standard InChI is InChI=1S/C18H23FN4O2.ClH/c1-9-15-13(17(24)21-18(25)23(15)12-3-4-12)7-14(19)16(9)22-6-5-11(8-22)10(2)20;/h7,10-12H,3-6,8,20H2,1-2H3,(H,21,24,25);1H/t10-,11+;/m0./s1. The number of H-pyrrole nitrogens is 1. The van der Waals surface area contributed by atoms with Gasteiger partial charge in [0, 0.05) is 30.7 Å². The molecule has 2 atom stereocenters. The van der Waals surface area contributed by atoms with Crippen LogP contribution in [0.1, 0.15) is 37.8 Å². The Hall–Kier alpha value is -1.86. The van der Waals surface area contributed by atoms with Crippen molar-refractivity contribution in [1.29, 1.82) is 0 Å². The lowest BCUT2D eigenvalue weighted by Gasteiger charge is -2.24. The zero-order valence-corrected chi connectivity index (χ0v) is 15.7. The highest BCUT2D eigenvalue weighted by atomic mass is 35.5. The Bertz CT molecular complexity index is 964. The molecule has 0 unspecified atom stereocenters. The van der Waals surface area contributed by atoms with Gasteiger partial charge in [0.05, 0.1) is 16.6 Å². The Labute approximate surface area is 156 Å². The van der Waals surface area contributed by atoms with Gasteiger partial charge < -0.3 is 10.6 Å². The lowest BCUT2D eigenvalue weighted by molar-refractivity contribution is 0.487. The van der Waals surface area contributed by atoms with Gasteiger partial charge in [0.1, 0.15) is 5.82 Å². The molecule has 2 heterocycles. The minimum absolute atomic E-state index is 0. The first-order chi connectivity index (χ1) is 11.9. The molecule has 1 aliphatic carbocycles. The topological polar surface area (TPSA) is 84.1 Å². The molecule has 8 heteroatoms. The average molecular weight is 383 g/mol. The first-order valence-electron chi connectivity index (χ1n) is 8.86. The van der Waals surface area contributed by atoms with E-state index >= 15 is 0 Å². The lowest BCUT2D eigenvalue weighted by atomic mass is 10.0. The first kappa shape index (κ1) is 18.9. The fraction of sp³-hybridized carbons (Fsp3) is 0.556. The summed E-state index contributed by atoms with van der Waals surface area (Å²) in [4.78, 5) is 28.9. The molecule has 1 aromatic heterocycles. The number of nitrogens with one attached hydrogen (secondary N) is 1. The summed E-state index contributed by atoms with van der Waals surface area (Å²) in [6, 6.07) is 1.43. The number of hydrogen-bond donors (Lipinski definition) is 2. The zero-order chi connectivity index (χ0) is 17.9. The van der Waals surface area contributed by atoms with E-state index < -0.39 is 17.1 Å². The first-order valence-corrected chi connectivity index (χ1v) is 8.86. The summed E-state index contributed by atoms with van der Waals surface area (Å²) in [6.07, 6.45) is 2.73. The van der Waals surface area contributed by atoms with Crippen LogP contribution in [-0.2, 0) is 0 Å². The SMILES string of the molecule is Cc1c(N2CC[C@@H]([C@H](C)N)C2)c(F)cc2c(=O)[nH]c(=O)n(C3CC3)c12.Cl. The van der Waals surface area contributed by atoms with Crippen LogP contribution in [0.15, 0.2) is 15.7 Å².